The molecule has 0 aromatic carbocycles. The van der Waals surface area contributed by atoms with Crippen LogP contribution in [0.1, 0.15) is 57.8 Å². The smallest absolute Gasteiger partial charge is 0.0198 e. The lowest BCUT2D eigenvalue weighted by Crippen LogP contribution is -2.49. The third kappa shape index (κ3) is 2.18. The molecule has 0 saturated heterocycles. The van der Waals surface area contributed by atoms with Gasteiger partial charge in [-0.3, -0.25) is 0 Å². The van der Waals surface area contributed by atoms with Gasteiger partial charge >= 0.3 is 0 Å². The van der Waals surface area contributed by atoms with Crippen LogP contribution in [0.5, 0.6) is 0 Å². The molecule has 0 spiro atoms. The molecule has 0 aromatic heterocycles. The third-order valence-electron chi connectivity index (χ3n) is 6.86. The van der Waals surface area contributed by atoms with Gasteiger partial charge in [0.15, 0.2) is 0 Å². The largest absolute Gasteiger partial charge is 0.310 e. The summed E-state index contributed by atoms with van der Waals surface area (Å²) in [6, 6.07) is 1.72. The first-order valence-electron chi connectivity index (χ1n) is 8.65. The van der Waals surface area contributed by atoms with Crippen LogP contribution in [0.25, 0.3) is 0 Å². The maximum absolute atomic E-state index is 4.14. The third-order valence-corrected chi connectivity index (χ3v) is 8.03. The Bertz CT molecular complexity index is 331. The minimum atomic E-state index is 0.827. The van der Waals surface area contributed by atoms with E-state index >= 15 is 0 Å². The topological polar surface area (TPSA) is 12.0 Å². The van der Waals surface area contributed by atoms with Gasteiger partial charge in [-0.1, -0.05) is 19.3 Å². The maximum atomic E-state index is 4.14. The second-order valence-electron chi connectivity index (χ2n) is 7.59. The zero-order valence-corrected chi connectivity index (χ0v) is 13.1. The highest BCUT2D eigenvalue weighted by Gasteiger charge is 2.54. The van der Waals surface area contributed by atoms with Gasteiger partial charge in [0, 0.05) is 17.3 Å². The fourth-order valence-electron chi connectivity index (χ4n) is 6.10. The lowest BCUT2D eigenvalue weighted by atomic mass is 9.78. The molecular formula is C17H29NS. The van der Waals surface area contributed by atoms with Crippen LogP contribution >= 0.6 is 11.8 Å². The van der Waals surface area contributed by atoms with E-state index in [1.807, 2.05) is 0 Å². The first-order chi connectivity index (χ1) is 9.36. The molecule has 1 N–H and O–H groups in total. The van der Waals surface area contributed by atoms with Crippen molar-refractivity contribution in [3.63, 3.8) is 0 Å². The van der Waals surface area contributed by atoms with Crippen LogP contribution in [0.3, 0.4) is 0 Å². The number of fused-ring (bicyclic) bond motifs is 5. The number of hydrogen-bond donors (Lipinski definition) is 1. The van der Waals surface area contributed by atoms with E-state index < -0.39 is 0 Å². The summed E-state index contributed by atoms with van der Waals surface area (Å²) in [5.41, 5.74) is 0. The second-order valence-corrected chi connectivity index (χ2v) is 8.67. The molecule has 0 amide bonds. The van der Waals surface area contributed by atoms with E-state index in [0.717, 1.165) is 41.0 Å². The fourth-order valence-corrected chi connectivity index (χ4v) is 7.05. The molecule has 0 aromatic rings. The molecule has 2 heteroatoms. The van der Waals surface area contributed by atoms with Crippen LogP contribution in [0.15, 0.2) is 0 Å². The molecule has 4 fully saturated rings. The number of nitrogens with one attached hydrogen (secondary N) is 1. The first kappa shape index (κ1) is 13.0. The van der Waals surface area contributed by atoms with Crippen LogP contribution in [0.4, 0.5) is 0 Å². The van der Waals surface area contributed by atoms with E-state index in [1.54, 1.807) is 19.3 Å². The number of thioether (sulfide) groups is 1. The molecule has 2 bridgehead atoms. The van der Waals surface area contributed by atoms with E-state index in [4.69, 9.17) is 0 Å². The van der Waals surface area contributed by atoms with Crippen LogP contribution < -0.4 is 5.32 Å². The SMILES string of the molecule is CSC1CCCCC1NC1CC2CC1C1CCCC21. The number of hydrogen-bond acceptors (Lipinski definition) is 2. The summed E-state index contributed by atoms with van der Waals surface area (Å²) in [6.07, 6.45) is 15.9. The minimum absolute atomic E-state index is 0.827. The van der Waals surface area contributed by atoms with Gasteiger partial charge in [-0.15, -0.1) is 0 Å². The Morgan fingerprint density at radius 3 is 2.53 bits per heavy atom. The van der Waals surface area contributed by atoms with Crippen molar-refractivity contribution in [3.8, 4) is 0 Å². The van der Waals surface area contributed by atoms with Crippen LogP contribution in [0.2, 0.25) is 0 Å². The molecule has 19 heavy (non-hydrogen) atoms. The molecule has 7 atom stereocenters. The van der Waals surface area contributed by atoms with Gasteiger partial charge in [-0.25, -0.2) is 0 Å². The lowest BCUT2D eigenvalue weighted by molar-refractivity contribution is 0.189. The van der Waals surface area contributed by atoms with E-state index in [0.29, 0.717) is 0 Å². The van der Waals surface area contributed by atoms with Gasteiger partial charge in [-0.05, 0) is 68.5 Å². The molecule has 0 heterocycles. The van der Waals surface area contributed by atoms with E-state index in [1.165, 1.54) is 38.5 Å². The Morgan fingerprint density at radius 2 is 1.63 bits per heavy atom. The molecule has 108 valence electrons. The molecule has 1 nitrogen and oxygen atoms in total. The summed E-state index contributed by atoms with van der Waals surface area (Å²) in [5.74, 6) is 4.42. The Balaban J connectivity index is 1.41. The Hall–Kier alpha value is 0.310. The van der Waals surface area contributed by atoms with Gasteiger partial charge in [-0.2, -0.15) is 11.8 Å². The van der Waals surface area contributed by atoms with Gasteiger partial charge in [0.1, 0.15) is 0 Å². The summed E-state index contributed by atoms with van der Waals surface area (Å²) in [4.78, 5) is 0. The first-order valence-corrected chi connectivity index (χ1v) is 9.94. The van der Waals surface area contributed by atoms with Gasteiger partial charge in [0.05, 0.1) is 0 Å². The molecule has 4 saturated carbocycles. The quantitative estimate of drug-likeness (QED) is 0.835. The molecule has 7 unspecified atom stereocenters. The lowest BCUT2D eigenvalue weighted by Gasteiger charge is -2.38. The highest BCUT2D eigenvalue weighted by Crippen LogP contribution is 2.58. The van der Waals surface area contributed by atoms with Crippen molar-refractivity contribution in [1.29, 1.82) is 0 Å². The standard InChI is InChI=1S/C17H29NS/c1-19-17-8-3-2-7-15(17)18-16-10-11-9-14(16)13-6-4-5-12(11)13/h11-18H,2-10H2,1H3. The Kier molecular flexibility index (Phi) is 3.60. The molecular weight excluding hydrogens is 250 g/mol. The summed E-state index contributed by atoms with van der Waals surface area (Å²) in [5, 5.41) is 5.04. The predicted octanol–water partition coefficient (Wildman–Crippen LogP) is 4.07. The second kappa shape index (κ2) is 5.26. The monoisotopic (exact) mass is 279 g/mol. The summed E-state index contributed by atoms with van der Waals surface area (Å²) < 4.78 is 0. The zero-order chi connectivity index (χ0) is 12.8. The summed E-state index contributed by atoms with van der Waals surface area (Å²) in [7, 11) is 0. The van der Waals surface area contributed by atoms with E-state index in [2.05, 4.69) is 23.3 Å². The van der Waals surface area contributed by atoms with Crippen molar-refractivity contribution in [2.24, 2.45) is 23.7 Å². The van der Waals surface area contributed by atoms with Gasteiger partial charge in [0.25, 0.3) is 0 Å². The van der Waals surface area contributed by atoms with Crippen LogP contribution in [-0.2, 0) is 0 Å². The molecule has 4 aliphatic carbocycles. The molecule has 4 rings (SSSR count). The minimum Gasteiger partial charge on any atom is -0.310 e. The van der Waals surface area contributed by atoms with Crippen molar-refractivity contribution in [2.75, 3.05) is 6.26 Å². The van der Waals surface area contributed by atoms with Crippen LogP contribution in [0, 0.1) is 23.7 Å². The molecule has 0 radical (unpaired) electrons. The highest BCUT2D eigenvalue weighted by molar-refractivity contribution is 7.99. The molecule has 0 aliphatic heterocycles. The normalized spacial score (nSPS) is 52.6. The van der Waals surface area contributed by atoms with Crippen molar-refractivity contribution >= 4 is 11.8 Å². The highest BCUT2D eigenvalue weighted by atomic mass is 32.2. The predicted molar refractivity (Wildman–Crippen MR) is 83.5 cm³/mol. The van der Waals surface area contributed by atoms with Crippen molar-refractivity contribution in [1.82, 2.24) is 5.32 Å². The van der Waals surface area contributed by atoms with E-state index in [9.17, 15) is 0 Å². The average Bonchev–Trinajstić information content (AvgIpc) is 3.11. The average molecular weight is 279 g/mol. The summed E-state index contributed by atoms with van der Waals surface area (Å²) >= 11 is 2.11. The van der Waals surface area contributed by atoms with Gasteiger partial charge < -0.3 is 5.32 Å². The Labute approximate surface area is 122 Å². The Morgan fingerprint density at radius 1 is 0.789 bits per heavy atom. The van der Waals surface area contributed by atoms with Crippen LogP contribution in [-0.4, -0.2) is 23.6 Å². The zero-order valence-electron chi connectivity index (χ0n) is 12.3. The van der Waals surface area contributed by atoms with Crippen molar-refractivity contribution in [2.45, 2.75) is 75.1 Å². The maximum Gasteiger partial charge on any atom is 0.0198 e. The number of rotatable bonds is 3. The van der Waals surface area contributed by atoms with Gasteiger partial charge in [0.2, 0.25) is 0 Å². The summed E-state index contributed by atoms with van der Waals surface area (Å²) in [6.45, 7) is 0. The van der Waals surface area contributed by atoms with Crippen molar-refractivity contribution in [3.05, 3.63) is 0 Å². The molecule has 4 aliphatic rings. The fraction of sp³-hybridized carbons (Fsp3) is 1.00. The van der Waals surface area contributed by atoms with E-state index in [-0.39, 0.29) is 0 Å². The van der Waals surface area contributed by atoms with Crippen molar-refractivity contribution < 1.29 is 0 Å².